The van der Waals surface area contributed by atoms with Gasteiger partial charge in [-0.3, -0.25) is 14.2 Å². The van der Waals surface area contributed by atoms with Crippen molar-refractivity contribution in [3.05, 3.63) is 48.6 Å². The molecule has 0 spiro atoms. The normalized spacial score (nSPS) is 13.8. The molecular formula is C54H100NO8P. The lowest BCUT2D eigenvalue weighted by molar-refractivity contribution is -0.870. The molecule has 0 heterocycles. The van der Waals surface area contributed by atoms with Gasteiger partial charge in [0.05, 0.1) is 27.7 Å². The van der Waals surface area contributed by atoms with Crippen molar-refractivity contribution in [3.8, 4) is 0 Å². The quantitative estimate of drug-likeness (QED) is 0.0195. The van der Waals surface area contributed by atoms with Gasteiger partial charge in [0, 0.05) is 12.8 Å². The van der Waals surface area contributed by atoms with Crippen LogP contribution in [-0.4, -0.2) is 70.0 Å². The van der Waals surface area contributed by atoms with Crippen LogP contribution in [0.25, 0.3) is 0 Å². The summed E-state index contributed by atoms with van der Waals surface area (Å²) in [6, 6.07) is 0. The molecule has 0 bridgehead atoms. The molecule has 0 radical (unpaired) electrons. The Morgan fingerprint density at radius 3 is 1.33 bits per heavy atom. The number of ether oxygens (including phenoxy) is 2. The predicted octanol–water partition coefficient (Wildman–Crippen LogP) is 15.2. The maximum atomic E-state index is 12.7. The maximum absolute atomic E-state index is 12.7. The summed E-state index contributed by atoms with van der Waals surface area (Å²) in [5.74, 6) is -0.854. The van der Waals surface area contributed by atoms with Gasteiger partial charge in [0.2, 0.25) is 0 Å². The van der Waals surface area contributed by atoms with Crippen LogP contribution in [0.5, 0.6) is 0 Å². The molecular weight excluding hydrogens is 822 g/mol. The molecule has 0 aromatic rings. The SMILES string of the molecule is CC/C=C\C/C=C\C/C=C\C/C=C\CCCCCCC(=O)OC(COC(=O)CCCCCCCCCCCCCCCCCCCCCCCCC)COP(=O)([O-])OCC[N+](C)(C)C. The summed E-state index contributed by atoms with van der Waals surface area (Å²) in [6.45, 7) is 4.12. The second kappa shape index (κ2) is 46.1. The first-order valence-corrected chi connectivity index (χ1v) is 27.8. The van der Waals surface area contributed by atoms with Crippen LogP contribution >= 0.6 is 7.82 Å². The van der Waals surface area contributed by atoms with Crippen LogP contribution < -0.4 is 4.89 Å². The summed E-state index contributed by atoms with van der Waals surface area (Å²) >= 11 is 0. The highest BCUT2D eigenvalue weighted by Gasteiger charge is 2.21. The molecule has 0 fully saturated rings. The first-order valence-electron chi connectivity index (χ1n) is 26.3. The van der Waals surface area contributed by atoms with Crippen LogP contribution in [-0.2, 0) is 32.7 Å². The maximum Gasteiger partial charge on any atom is 0.306 e. The Balaban J connectivity index is 4.21. The molecule has 0 aliphatic carbocycles. The standard InChI is InChI=1S/C54H100NO8P/c1-6-8-10-12-14-16-18-20-22-24-25-26-27-28-29-31-32-34-36-38-40-42-44-46-53(56)60-50-52(51-62-64(58,59)61-49-48-55(3,4)5)63-54(57)47-45-43-41-39-37-35-33-30-23-21-19-17-15-13-11-9-7-2/h9,11,15,17,21,23,33,35,52H,6-8,10,12-14,16,18-20,22,24-32,34,36-51H2,1-5H3/b11-9-,17-15-,23-21-,35-33-. The molecule has 0 aromatic heterocycles. The molecule has 0 aliphatic heterocycles. The van der Waals surface area contributed by atoms with Gasteiger partial charge in [0.1, 0.15) is 19.8 Å². The molecule has 0 amide bonds. The van der Waals surface area contributed by atoms with Crippen molar-refractivity contribution >= 4 is 19.8 Å². The van der Waals surface area contributed by atoms with Gasteiger partial charge in [-0.15, -0.1) is 0 Å². The van der Waals surface area contributed by atoms with E-state index < -0.39 is 26.5 Å². The third-order valence-corrected chi connectivity index (χ3v) is 12.3. The van der Waals surface area contributed by atoms with E-state index in [0.29, 0.717) is 17.4 Å². The topological polar surface area (TPSA) is 111 Å². The summed E-state index contributed by atoms with van der Waals surface area (Å²) < 4.78 is 34.0. The molecule has 2 unspecified atom stereocenters. The molecule has 0 rings (SSSR count). The van der Waals surface area contributed by atoms with Crippen LogP contribution in [0.2, 0.25) is 0 Å². The Kier molecular flexibility index (Phi) is 44.6. The largest absolute Gasteiger partial charge is 0.756 e. The smallest absolute Gasteiger partial charge is 0.306 e. The van der Waals surface area contributed by atoms with Gasteiger partial charge in [0.25, 0.3) is 7.82 Å². The second-order valence-electron chi connectivity index (χ2n) is 18.9. The number of hydrogen-bond donors (Lipinski definition) is 0. The number of likely N-dealkylation sites (N-methyl/N-ethyl adjacent to an activating group) is 1. The number of rotatable bonds is 48. The number of carbonyl (C=O) groups is 2. The number of quaternary nitrogens is 1. The van der Waals surface area contributed by atoms with E-state index in [4.69, 9.17) is 18.5 Å². The van der Waals surface area contributed by atoms with E-state index in [1.165, 1.54) is 128 Å². The molecule has 374 valence electrons. The van der Waals surface area contributed by atoms with Crippen LogP contribution in [0.3, 0.4) is 0 Å². The van der Waals surface area contributed by atoms with Crippen LogP contribution in [0.15, 0.2) is 48.6 Å². The Bertz CT molecular complexity index is 1230. The summed E-state index contributed by atoms with van der Waals surface area (Å²) in [4.78, 5) is 37.7. The third-order valence-electron chi connectivity index (χ3n) is 11.4. The van der Waals surface area contributed by atoms with Gasteiger partial charge in [-0.25, -0.2) is 0 Å². The Labute approximate surface area is 394 Å². The van der Waals surface area contributed by atoms with E-state index in [9.17, 15) is 19.0 Å². The van der Waals surface area contributed by atoms with Gasteiger partial charge in [-0.2, -0.15) is 0 Å². The average molecular weight is 922 g/mol. The number of nitrogens with zero attached hydrogens (tertiary/aromatic N) is 1. The van der Waals surface area contributed by atoms with Crippen molar-refractivity contribution in [1.29, 1.82) is 0 Å². The third kappa shape index (κ3) is 49.4. The highest BCUT2D eigenvalue weighted by molar-refractivity contribution is 7.45. The minimum absolute atomic E-state index is 0.0361. The summed E-state index contributed by atoms with van der Waals surface area (Å²) in [5, 5.41) is 0. The van der Waals surface area contributed by atoms with Crippen LogP contribution in [0.1, 0.15) is 232 Å². The Morgan fingerprint density at radius 2 is 0.891 bits per heavy atom. The number of hydrogen-bond acceptors (Lipinski definition) is 8. The van der Waals surface area contributed by atoms with Crippen LogP contribution in [0.4, 0.5) is 0 Å². The predicted molar refractivity (Wildman–Crippen MR) is 268 cm³/mol. The summed E-state index contributed by atoms with van der Waals surface area (Å²) in [7, 11) is 1.15. The van der Waals surface area contributed by atoms with E-state index >= 15 is 0 Å². The average Bonchev–Trinajstić information content (AvgIpc) is 3.25. The Hall–Kier alpha value is -2.03. The zero-order valence-corrected chi connectivity index (χ0v) is 43.1. The van der Waals surface area contributed by atoms with Crippen molar-refractivity contribution in [2.24, 2.45) is 0 Å². The van der Waals surface area contributed by atoms with Gasteiger partial charge in [0.15, 0.2) is 6.10 Å². The zero-order chi connectivity index (χ0) is 47.1. The van der Waals surface area contributed by atoms with E-state index in [-0.39, 0.29) is 32.0 Å². The van der Waals surface area contributed by atoms with E-state index in [1.54, 1.807) is 0 Å². The number of phosphoric acid groups is 1. The van der Waals surface area contributed by atoms with Crippen LogP contribution in [0, 0.1) is 0 Å². The van der Waals surface area contributed by atoms with Crippen molar-refractivity contribution in [2.45, 2.75) is 238 Å². The molecule has 0 aliphatic rings. The molecule has 64 heavy (non-hydrogen) atoms. The monoisotopic (exact) mass is 922 g/mol. The fourth-order valence-electron chi connectivity index (χ4n) is 7.29. The van der Waals surface area contributed by atoms with E-state index in [1.807, 2.05) is 21.1 Å². The van der Waals surface area contributed by atoms with Crippen molar-refractivity contribution in [2.75, 3.05) is 47.5 Å². The molecule has 0 N–H and O–H groups in total. The van der Waals surface area contributed by atoms with Gasteiger partial charge in [-0.05, 0) is 51.4 Å². The number of phosphoric ester groups is 1. The molecule has 0 saturated heterocycles. The molecule has 0 saturated carbocycles. The first-order chi connectivity index (χ1) is 31.0. The van der Waals surface area contributed by atoms with E-state index in [0.717, 1.165) is 70.6 Å². The van der Waals surface area contributed by atoms with Crippen molar-refractivity contribution < 1.29 is 42.1 Å². The Morgan fingerprint density at radius 1 is 0.500 bits per heavy atom. The minimum Gasteiger partial charge on any atom is -0.756 e. The second-order valence-corrected chi connectivity index (χ2v) is 20.3. The minimum atomic E-state index is -4.64. The fraction of sp³-hybridized carbons (Fsp3) is 0.815. The lowest BCUT2D eigenvalue weighted by Crippen LogP contribution is -2.37. The van der Waals surface area contributed by atoms with Gasteiger partial charge < -0.3 is 27.9 Å². The molecule has 2 atom stereocenters. The zero-order valence-electron chi connectivity index (χ0n) is 42.2. The number of carbonyl (C=O) groups excluding carboxylic acids is 2. The van der Waals surface area contributed by atoms with Gasteiger partial charge in [-0.1, -0.05) is 217 Å². The molecule has 0 aromatic carbocycles. The molecule has 10 heteroatoms. The lowest BCUT2D eigenvalue weighted by atomic mass is 10.0. The fourth-order valence-corrected chi connectivity index (χ4v) is 8.02. The highest BCUT2D eigenvalue weighted by Crippen LogP contribution is 2.38. The number of allylic oxidation sites excluding steroid dienone is 8. The summed E-state index contributed by atoms with van der Waals surface area (Å²) in [6.07, 6.45) is 55.8. The highest BCUT2D eigenvalue weighted by atomic mass is 31.2. The first kappa shape index (κ1) is 62.0. The number of esters is 2. The molecule has 9 nitrogen and oxygen atoms in total. The summed E-state index contributed by atoms with van der Waals surface area (Å²) in [5.41, 5.74) is 0. The van der Waals surface area contributed by atoms with E-state index in [2.05, 4.69) is 62.5 Å². The number of unbranched alkanes of at least 4 members (excludes halogenated alkanes) is 26. The van der Waals surface area contributed by atoms with Crippen molar-refractivity contribution in [1.82, 2.24) is 0 Å². The lowest BCUT2D eigenvalue weighted by Gasteiger charge is -2.28. The van der Waals surface area contributed by atoms with Crippen molar-refractivity contribution in [3.63, 3.8) is 0 Å². The van der Waals surface area contributed by atoms with Gasteiger partial charge >= 0.3 is 11.9 Å².